The Morgan fingerprint density at radius 3 is 3.00 bits per heavy atom. The molecule has 0 unspecified atom stereocenters. The molecule has 0 saturated carbocycles. The predicted octanol–water partition coefficient (Wildman–Crippen LogP) is 0.488. The lowest BCUT2D eigenvalue weighted by Gasteiger charge is -2.04. The molecule has 0 bridgehead atoms. The molecule has 78 valence electrons. The summed E-state index contributed by atoms with van der Waals surface area (Å²) < 4.78 is 1.91. The van der Waals surface area contributed by atoms with E-state index in [4.69, 9.17) is 5.73 Å². The lowest BCUT2D eigenvalue weighted by Crippen LogP contribution is -2.11. The molecule has 1 aromatic rings. The fraction of sp³-hybridized carbons (Fsp3) is 0.556. The van der Waals surface area contributed by atoms with Crippen LogP contribution in [-0.2, 0) is 11.8 Å². The van der Waals surface area contributed by atoms with Crippen LogP contribution in [0, 0.1) is 0 Å². The summed E-state index contributed by atoms with van der Waals surface area (Å²) in [4.78, 5) is 14.5. The van der Waals surface area contributed by atoms with Crippen LogP contribution < -0.4 is 11.1 Å². The van der Waals surface area contributed by atoms with Gasteiger partial charge in [-0.15, -0.1) is 0 Å². The molecule has 5 heteroatoms. The van der Waals surface area contributed by atoms with E-state index >= 15 is 0 Å². The van der Waals surface area contributed by atoms with E-state index in [0.717, 1.165) is 25.3 Å². The summed E-state index contributed by atoms with van der Waals surface area (Å²) in [7, 11) is 1.93. The van der Waals surface area contributed by atoms with Crippen LogP contribution in [0.1, 0.15) is 19.3 Å². The third-order valence-corrected chi connectivity index (χ3v) is 1.95. The Kier molecular flexibility index (Phi) is 3.97. The van der Waals surface area contributed by atoms with Gasteiger partial charge in [0, 0.05) is 32.4 Å². The molecule has 0 aromatic carbocycles. The SMILES string of the molecule is Cn1ccnc1NCCCCC(N)=O. The Morgan fingerprint density at radius 1 is 1.64 bits per heavy atom. The van der Waals surface area contributed by atoms with Crippen molar-refractivity contribution in [2.75, 3.05) is 11.9 Å². The minimum atomic E-state index is -0.234. The molecule has 0 atom stereocenters. The summed E-state index contributed by atoms with van der Waals surface area (Å²) in [6.07, 6.45) is 5.84. The lowest BCUT2D eigenvalue weighted by molar-refractivity contribution is -0.118. The van der Waals surface area contributed by atoms with E-state index in [1.165, 1.54) is 0 Å². The van der Waals surface area contributed by atoms with Gasteiger partial charge in [-0.3, -0.25) is 4.79 Å². The van der Waals surface area contributed by atoms with Gasteiger partial charge >= 0.3 is 0 Å². The molecule has 0 saturated heterocycles. The number of amides is 1. The molecule has 0 spiro atoms. The van der Waals surface area contributed by atoms with E-state index in [1.807, 2.05) is 17.8 Å². The lowest BCUT2D eigenvalue weighted by atomic mass is 10.2. The van der Waals surface area contributed by atoms with Gasteiger partial charge in [0.25, 0.3) is 0 Å². The van der Waals surface area contributed by atoms with Gasteiger partial charge in [-0.25, -0.2) is 4.98 Å². The number of rotatable bonds is 6. The van der Waals surface area contributed by atoms with E-state index < -0.39 is 0 Å². The molecule has 1 rings (SSSR count). The van der Waals surface area contributed by atoms with Gasteiger partial charge in [-0.1, -0.05) is 0 Å². The topological polar surface area (TPSA) is 72.9 Å². The molecule has 0 aliphatic carbocycles. The van der Waals surface area contributed by atoms with Crippen LogP contribution in [0.5, 0.6) is 0 Å². The number of nitrogens with zero attached hydrogens (tertiary/aromatic N) is 2. The average Bonchev–Trinajstić information content (AvgIpc) is 2.51. The summed E-state index contributed by atoms with van der Waals surface area (Å²) in [6.45, 7) is 0.818. The molecule has 3 N–H and O–H groups in total. The second-order valence-electron chi connectivity index (χ2n) is 3.21. The number of aryl methyl sites for hydroxylation is 1. The van der Waals surface area contributed by atoms with Crippen LogP contribution in [0.15, 0.2) is 12.4 Å². The van der Waals surface area contributed by atoms with Crippen molar-refractivity contribution >= 4 is 11.9 Å². The first-order chi connectivity index (χ1) is 6.70. The smallest absolute Gasteiger partial charge is 0.217 e. The van der Waals surface area contributed by atoms with Crippen molar-refractivity contribution in [1.82, 2.24) is 9.55 Å². The maximum atomic E-state index is 10.4. The second kappa shape index (κ2) is 5.26. The fourth-order valence-electron chi connectivity index (χ4n) is 1.16. The molecule has 1 heterocycles. The Labute approximate surface area is 83.3 Å². The van der Waals surface area contributed by atoms with Crippen LogP contribution in [0.2, 0.25) is 0 Å². The van der Waals surface area contributed by atoms with E-state index in [2.05, 4.69) is 10.3 Å². The number of nitrogens with two attached hydrogens (primary N) is 1. The molecule has 0 fully saturated rings. The van der Waals surface area contributed by atoms with Gasteiger partial charge in [0.2, 0.25) is 11.9 Å². The normalized spacial score (nSPS) is 10.1. The Balaban J connectivity index is 2.10. The number of aromatic nitrogens is 2. The number of carbonyl (C=O) groups is 1. The van der Waals surface area contributed by atoms with Gasteiger partial charge in [0.1, 0.15) is 0 Å². The minimum absolute atomic E-state index is 0.234. The zero-order chi connectivity index (χ0) is 10.4. The van der Waals surface area contributed by atoms with Gasteiger partial charge in [0.05, 0.1) is 0 Å². The Morgan fingerprint density at radius 2 is 2.43 bits per heavy atom. The van der Waals surface area contributed by atoms with Crippen LogP contribution in [0.4, 0.5) is 5.95 Å². The number of hydrogen-bond donors (Lipinski definition) is 2. The zero-order valence-corrected chi connectivity index (χ0v) is 8.36. The zero-order valence-electron chi connectivity index (χ0n) is 8.36. The van der Waals surface area contributed by atoms with E-state index in [1.54, 1.807) is 6.20 Å². The van der Waals surface area contributed by atoms with Crippen LogP contribution in [0.3, 0.4) is 0 Å². The fourth-order valence-corrected chi connectivity index (χ4v) is 1.16. The number of anilines is 1. The largest absolute Gasteiger partial charge is 0.370 e. The second-order valence-corrected chi connectivity index (χ2v) is 3.21. The maximum Gasteiger partial charge on any atom is 0.217 e. The number of hydrogen-bond acceptors (Lipinski definition) is 3. The molecular formula is C9H16N4O. The van der Waals surface area contributed by atoms with Crippen molar-refractivity contribution < 1.29 is 4.79 Å². The first-order valence-electron chi connectivity index (χ1n) is 4.69. The van der Waals surface area contributed by atoms with Crippen molar-refractivity contribution in [1.29, 1.82) is 0 Å². The van der Waals surface area contributed by atoms with Gasteiger partial charge < -0.3 is 15.6 Å². The molecule has 1 aromatic heterocycles. The van der Waals surface area contributed by atoms with Gasteiger partial charge in [0.15, 0.2) is 0 Å². The summed E-state index contributed by atoms with van der Waals surface area (Å²) in [5.74, 6) is 0.617. The van der Waals surface area contributed by atoms with Crippen LogP contribution in [0.25, 0.3) is 0 Å². The Bertz CT molecular complexity index is 295. The molecule has 1 amide bonds. The Hall–Kier alpha value is -1.52. The predicted molar refractivity (Wildman–Crippen MR) is 54.7 cm³/mol. The molecule has 0 aliphatic heterocycles. The molecule has 0 aliphatic rings. The van der Waals surface area contributed by atoms with Crippen LogP contribution in [-0.4, -0.2) is 22.0 Å². The highest BCUT2D eigenvalue weighted by atomic mass is 16.1. The number of primary amides is 1. The van der Waals surface area contributed by atoms with Crippen molar-refractivity contribution in [3.63, 3.8) is 0 Å². The first kappa shape index (κ1) is 10.6. The van der Waals surface area contributed by atoms with E-state index in [0.29, 0.717) is 6.42 Å². The van der Waals surface area contributed by atoms with Crippen molar-refractivity contribution in [3.05, 3.63) is 12.4 Å². The van der Waals surface area contributed by atoms with E-state index in [-0.39, 0.29) is 5.91 Å². The highest BCUT2D eigenvalue weighted by molar-refractivity contribution is 5.73. The summed E-state index contributed by atoms with van der Waals surface area (Å²) in [5.41, 5.74) is 5.02. The number of unbranched alkanes of at least 4 members (excludes halogenated alkanes) is 1. The number of carbonyl (C=O) groups excluding carboxylic acids is 1. The maximum absolute atomic E-state index is 10.4. The van der Waals surface area contributed by atoms with Crippen molar-refractivity contribution in [2.45, 2.75) is 19.3 Å². The van der Waals surface area contributed by atoms with E-state index in [9.17, 15) is 4.79 Å². The third-order valence-electron chi connectivity index (χ3n) is 1.95. The molecular weight excluding hydrogens is 180 g/mol. The quantitative estimate of drug-likeness (QED) is 0.650. The van der Waals surface area contributed by atoms with Crippen LogP contribution >= 0.6 is 0 Å². The van der Waals surface area contributed by atoms with Gasteiger partial charge in [-0.05, 0) is 12.8 Å². The average molecular weight is 196 g/mol. The molecule has 14 heavy (non-hydrogen) atoms. The molecule has 5 nitrogen and oxygen atoms in total. The highest BCUT2D eigenvalue weighted by Crippen LogP contribution is 2.01. The highest BCUT2D eigenvalue weighted by Gasteiger charge is 1.97. The molecule has 0 radical (unpaired) electrons. The van der Waals surface area contributed by atoms with Gasteiger partial charge in [-0.2, -0.15) is 0 Å². The monoisotopic (exact) mass is 196 g/mol. The van der Waals surface area contributed by atoms with Crippen molar-refractivity contribution in [3.8, 4) is 0 Å². The summed E-state index contributed by atoms with van der Waals surface area (Å²) in [6, 6.07) is 0. The summed E-state index contributed by atoms with van der Waals surface area (Å²) >= 11 is 0. The third kappa shape index (κ3) is 3.47. The minimum Gasteiger partial charge on any atom is -0.370 e. The summed E-state index contributed by atoms with van der Waals surface area (Å²) in [5, 5.41) is 3.17. The number of imidazole rings is 1. The standard InChI is InChI=1S/C9H16N4O/c1-13-7-6-12-9(13)11-5-3-2-4-8(10)14/h6-7H,2-5H2,1H3,(H2,10,14)(H,11,12). The van der Waals surface area contributed by atoms with Crippen molar-refractivity contribution in [2.24, 2.45) is 12.8 Å². The first-order valence-corrected chi connectivity index (χ1v) is 4.69. The number of nitrogens with one attached hydrogen (secondary N) is 1.